The first-order valence-electron chi connectivity index (χ1n) is 11.2. The van der Waals surface area contributed by atoms with Gasteiger partial charge in [-0.2, -0.15) is 0 Å². The van der Waals surface area contributed by atoms with Crippen LogP contribution in [0.5, 0.6) is 11.5 Å². The summed E-state index contributed by atoms with van der Waals surface area (Å²) in [7, 11) is 0. The van der Waals surface area contributed by atoms with Crippen LogP contribution in [0.1, 0.15) is 23.1 Å². The lowest BCUT2D eigenvalue weighted by Crippen LogP contribution is -2.36. The molecular formula is C27H26N2O4. The van der Waals surface area contributed by atoms with Crippen LogP contribution in [0.2, 0.25) is 0 Å². The number of hydrogen-bond donors (Lipinski definition) is 0. The predicted molar refractivity (Wildman–Crippen MR) is 123 cm³/mol. The number of carbonyl (C=O) groups is 2. The van der Waals surface area contributed by atoms with E-state index in [-0.39, 0.29) is 30.9 Å². The molecule has 1 fully saturated rings. The molecule has 33 heavy (non-hydrogen) atoms. The molecule has 6 heteroatoms. The molecule has 1 saturated heterocycles. The zero-order chi connectivity index (χ0) is 22.6. The summed E-state index contributed by atoms with van der Waals surface area (Å²) < 4.78 is 10.8. The van der Waals surface area contributed by atoms with Crippen molar-refractivity contribution in [1.82, 2.24) is 9.80 Å². The predicted octanol–water partition coefficient (Wildman–Crippen LogP) is 3.99. The smallest absolute Gasteiger partial charge is 0.231 e. The maximum absolute atomic E-state index is 13.6. The number of carbonyl (C=O) groups excluding carboxylic acids is 2. The number of amides is 2. The van der Waals surface area contributed by atoms with Gasteiger partial charge in [0.05, 0.1) is 5.92 Å². The molecule has 1 unspecified atom stereocenters. The third kappa shape index (κ3) is 4.85. The first kappa shape index (κ1) is 21.1. The molecular weight excluding hydrogens is 416 g/mol. The highest BCUT2D eigenvalue weighted by Crippen LogP contribution is 2.33. The second-order valence-corrected chi connectivity index (χ2v) is 8.53. The molecule has 1 atom stereocenters. The minimum atomic E-state index is -0.348. The third-order valence-electron chi connectivity index (χ3n) is 6.12. The number of fused-ring (bicyclic) bond motifs is 1. The zero-order valence-electron chi connectivity index (χ0n) is 18.4. The third-order valence-corrected chi connectivity index (χ3v) is 6.12. The van der Waals surface area contributed by atoms with E-state index in [2.05, 4.69) is 0 Å². The number of ether oxygens (including phenoxy) is 2. The Kier molecular flexibility index (Phi) is 5.98. The van der Waals surface area contributed by atoms with E-state index in [9.17, 15) is 9.59 Å². The highest BCUT2D eigenvalue weighted by atomic mass is 16.7. The number of nitrogens with zero attached hydrogens (tertiary/aromatic N) is 2. The standard InChI is InChI=1S/C27H26N2O4/c30-26-14-23(18-28(26)17-22-11-12-24-25(13-22)33-19-32-24)27(31)29(15-20-7-3-1-4-8-20)16-21-9-5-2-6-10-21/h1-13,23H,14-19H2. The molecule has 0 radical (unpaired) electrons. The highest BCUT2D eigenvalue weighted by Gasteiger charge is 2.36. The first-order valence-corrected chi connectivity index (χ1v) is 11.2. The van der Waals surface area contributed by atoms with E-state index in [0.29, 0.717) is 31.9 Å². The van der Waals surface area contributed by atoms with Gasteiger partial charge >= 0.3 is 0 Å². The Morgan fingerprint density at radius 1 is 0.848 bits per heavy atom. The summed E-state index contributed by atoms with van der Waals surface area (Å²) in [5.41, 5.74) is 3.11. The summed E-state index contributed by atoms with van der Waals surface area (Å²) in [5, 5.41) is 0. The summed E-state index contributed by atoms with van der Waals surface area (Å²) in [6, 6.07) is 25.7. The van der Waals surface area contributed by atoms with Gasteiger partial charge in [-0.15, -0.1) is 0 Å². The molecule has 2 aliphatic heterocycles. The van der Waals surface area contributed by atoms with Crippen LogP contribution in [0.25, 0.3) is 0 Å². The molecule has 0 spiro atoms. The van der Waals surface area contributed by atoms with E-state index < -0.39 is 0 Å². The van der Waals surface area contributed by atoms with Gasteiger partial charge in [0.1, 0.15) is 0 Å². The number of hydrogen-bond acceptors (Lipinski definition) is 4. The molecule has 2 heterocycles. The van der Waals surface area contributed by atoms with Crippen LogP contribution in [0.4, 0.5) is 0 Å². The number of likely N-dealkylation sites (tertiary alicyclic amines) is 1. The molecule has 2 amide bonds. The molecule has 0 aliphatic carbocycles. The lowest BCUT2D eigenvalue weighted by molar-refractivity contribution is -0.137. The molecule has 3 aromatic carbocycles. The SMILES string of the molecule is O=C1CC(C(=O)N(Cc2ccccc2)Cc2ccccc2)CN1Cc1ccc2c(c1)OCO2. The fraction of sp³-hybridized carbons (Fsp3) is 0.259. The Bertz CT molecular complexity index is 1090. The second-order valence-electron chi connectivity index (χ2n) is 8.53. The normalized spacial score (nSPS) is 16.8. The summed E-state index contributed by atoms with van der Waals surface area (Å²) in [6.45, 7) is 2.13. The lowest BCUT2D eigenvalue weighted by atomic mass is 10.1. The van der Waals surface area contributed by atoms with E-state index in [4.69, 9.17) is 9.47 Å². The van der Waals surface area contributed by atoms with E-state index in [1.54, 1.807) is 4.90 Å². The molecule has 0 bridgehead atoms. The Labute approximate surface area is 193 Å². The number of rotatable bonds is 7. The van der Waals surface area contributed by atoms with E-state index in [0.717, 1.165) is 22.4 Å². The van der Waals surface area contributed by atoms with Crippen molar-refractivity contribution in [3.05, 3.63) is 95.6 Å². The van der Waals surface area contributed by atoms with Crippen molar-refractivity contribution in [2.75, 3.05) is 13.3 Å². The van der Waals surface area contributed by atoms with Crippen LogP contribution < -0.4 is 9.47 Å². The fourth-order valence-electron chi connectivity index (χ4n) is 4.43. The second kappa shape index (κ2) is 9.36. The van der Waals surface area contributed by atoms with E-state index in [1.165, 1.54) is 0 Å². The van der Waals surface area contributed by atoms with Crippen molar-refractivity contribution in [3.8, 4) is 11.5 Å². The minimum absolute atomic E-state index is 0.00499. The van der Waals surface area contributed by atoms with Gasteiger partial charge in [0, 0.05) is 32.6 Å². The van der Waals surface area contributed by atoms with Gasteiger partial charge in [-0.1, -0.05) is 66.7 Å². The Morgan fingerprint density at radius 2 is 1.48 bits per heavy atom. The van der Waals surface area contributed by atoms with Crippen molar-refractivity contribution in [1.29, 1.82) is 0 Å². The van der Waals surface area contributed by atoms with Crippen LogP contribution in [0.15, 0.2) is 78.9 Å². The van der Waals surface area contributed by atoms with Crippen molar-refractivity contribution in [2.24, 2.45) is 5.92 Å². The first-order chi connectivity index (χ1) is 16.2. The van der Waals surface area contributed by atoms with Crippen LogP contribution in [0, 0.1) is 5.92 Å². The summed E-state index contributed by atoms with van der Waals surface area (Å²) in [4.78, 5) is 30.0. The molecule has 168 valence electrons. The maximum Gasteiger partial charge on any atom is 0.231 e. The van der Waals surface area contributed by atoms with Crippen LogP contribution in [-0.2, 0) is 29.2 Å². The minimum Gasteiger partial charge on any atom is -0.454 e. The average Bonchev–Trinajstić information content (AvgIpc) is 3.46. The van der Waals surface area contributed by atoms with Gasteiger partial charge in [-0.3, -0.25) is 9.59 Å². The van der Waals surface area contributed by atoms with Gasteiger partial charge in [0.25, 0.3) is 0 Å². The summed E-state index contributed by atoms with van der Waals surface area (Å²) in [5.74, 6) is 1.09. The summed E-state index contributed by atoms with van der Waals surface area (Å²) in [6.07, 6.45) is 0.240. The van der Waals surface area contributed by atoms with E-state index >= 15 is 0 Å². The van der Waals surface area contributed by atoms with Gasteiger partial charge < -0.3 is 19.3 Å². The molecule has 0 saturated carbocycles. The summed E-state index contributed by atoms with van der Waals surface area (Å²) >= 11 is 0. The van der Waals surface area contributed by atoms with Crippen LogP contribution >= 0.6 is 0 Å². The van der Waals surface area contributed by atoms with Crippen molar-refractivity contribution < 1.29 is 19.1 Å². The molecule has 0 aromatic heterocycles. The molecule has 0 N–H and O–H groups in total. The highest BCUT2D eigenvalue weighted by molar-refractivity contribution is 5.89. The Hall–Kier alpha value is -3.80. The van der Waals surface area contributed by atoms with Crippen molar-refractivity contribution in [2.45, 2.75) is 26.1 Å². The van der Waals surface area contributed by atoms with Gasteiger partial charge in [-0.05, 0) is 28.8 Å². The van der Waals surface area contributed by atoms with E-state index in [1.807, 2.05) is 83.8 Å². The molecule has 2 aliphatic rings. The van der Waals surface area contributed by atoms with Crippen LogP contribution in [0.3, 0.4) is 0 Å². The Balaban J connectivity index is 1.29. The molecule has 3 aromatic rings. The van der Waals surface area contributed by atoms with Gasteiger partial charge in [0.15, 0.2) is 11.5 Å². The van der Waals surface area contributed by atoms with Crippen molar-refractivity contribution in [3.63, 3.8) is 0 Å². The average molecular weight is 443 g/mol. The maximum atomic E-state index is 13.6. The van der Waals surface area contributed by atoms with Crippen molar-refractivity contribution >= 4 is 11.8 Å². The number of benzene rings is 3. The monoisotopic (exact) mass is 442 g/mol. The lowest BCUT2D eigenvalue weighted by Gasteiger charge is -2.26. The van der Waals surface area contributed by atoms with Crippen LogP contribution in [-0.4, -0.2) is 35.0 Å². The molecule has 6 nitrogen and oxygen atoms in total. The zero-order valence-corrected chi connectivity index (χ0v) is 18.4. The quantitative estimate of drug-likeness (QED) is 0.555. The van der Waals surface area contributed by atoms with Gasteiger partial charge in [0.2, 0.25) is 18.6 Å². The van der Waals surface area contributed by atoms with Gasteiger partial charge in [-0.25, -0.2) is 0 Å². The molecule has 5 rings (SSSR count). The Morgan fingerprint density at radius 3 is 2.15 bits per heavy atom. The largest absolute Gasteiger partial charge is 0.454 e. The fourth-order valence-corrected chi connectivity index (χ4v) is 4.43. The topological polar surface area (TPSA) is 59.1 Å².